The lowest BCUT2D eigenvalue weighted by atomic mass is 9.99. The van der Waals surface area contributed by atoms with E-state index in [1.807, 2.05) is 0 Å². The van der Waals surface area contributed by atoms with Crippen LogP contribution in [0.1, 0.15) is 35.8 Å². The lowest BCUT2D eigenvalue weighted by Crippen LogP contribution is -2.36. The summed E-state index contributed by atoms with van der Waals surface area (Å²) >= 11 is 0. The van der Waals surface area contributed by atoms with E-state index >= 15 is 0 Å². The van der Waals surface area contributed by atoms with Crippen molar-refractivity contribution >= 4 is 0 Å². The topological polar surface area (TPSA) is 64.3 Å². The zero-order valence-electron chi connectivity index (χ0n) is 13.0. The van der Waals surface area contributed by atoms with Crippen LogP contribution in [0.15, 0.2) is 0 Å². The highest BCUT2D eigenvalue weighted by Gasteiger charge is 2.23. The van der Waals surface area contributed by atoms with Crippen LogP contribution in [0.3, 0.4) is 0 Å². The molecule has 0 amide bonds. The molecule has 0 saturated carbocycles. The van der Waals surface area contributed by atoms with Crippen molar-refractivity contribution in [1.29, 1.82) is 0 Å². The zero-order valence-corrected chi connectivity index (χ0v) is 13.0. The Morgan fingerprint density at radius 3 is 2.55 bits per heavy atom. The van der Waals surface area contributed by atoms with Crippen molar-refractivity contribution in [3.63, 3.8) is 0 Å². The van der Waals surface area contributed by atoms with E-state index in [0.29, 0.717) is 12.5 Å². The third kappa shape index (κ3) is 3.53. The summed E-state index contributed by atoms with van der Waals surface area (Å²) in [7, 11) is 2.10. The van der Waals surface area contributed by atoms with E-state index in [0.717, 1.165) is 43.3 Å². The van der Waals surface area contributed by atoms with Gasteiger partial charge in [-0.3, -0.25) is 0 Å². The summed E-state index contributed by atoms with van der Waals surface area (Å²) in [6.45, 7) is 9.54. The van der Waals surface area contributed by atoms with Crippen molar-refractivity contribution in [3.05, 3.63) is 22.8 Å². The van der Waals surface area contributed by atoms with Gasteiger partial charge in [0, 0.05) is 24.5 Å². The number of nitrogens with zero attached hydrogens (tertiary/aromatic N) is 3. The molecule has 0 spiro atoms. The molecule has 2 heterocycles. The molecule has 2 atom stereocenters. The van der Waals surface area contributed by atoms with Gasteiger partial charge >= 0.3 is 0 Å². The Hall–Kier alpha value is -1.04. The molecule has 1 aromatic rings. The summed E-state index contributed by atoms with van der Waals surface area (Å²) in [5, 5.41) is 0. The first-order valence-corrected chi connectivity index (χ1v) is 7.35. The van der Waals surface area contributed by atoms with Crippen molar-refractivity contribution in [2.24, 2.45) is 11.7 Å². The molecule has 0 radical (unpaired) electrons. The number of aromatic nitrogens is 2. The first kappa shape index (κ1) is 15.4. The fourth-order valence-corrected chi connectivity index (χ4v) is 2.57. The first-order chi connectivity index (χ1) is 9.51. The average molecular weight is 278 g/mol. The van der Waals surface area contributed by atoms with Gasteiger partial charge in [-0.05, 0) is 45.3 Å². The summed E-state index contributed by atoms with van der Waals surface area (Å²) in [6, 6.07) is 0. The van der Waals surface area contributed by atoms with Crippen molar-refractivity contribution < 1.29 is 4.74 Å². The van der Waals surface area contributed by atoms with Crippen LogP contribution in [-0.2, 0) is 11.2 Å². The molecule has 1 fully saturated rings. The van der Waals surface area contributed by atoms with Crippen LogP contribution >= 0.6 is 0 Å². The third-order valence-corrected chi connectivity index (χ3v) is 3.95. The molecule has 1 saturated heterocycles. The van der Waals surface area contributed by atoms with E-state index in [2.05, 4.69) is 42.7 Å². The van der Waals surface area contributed by atoms with Gasteiger partial charge in [-0.1, -0.05) is 6.92 Å². The molecule has 0 aromatic carbocycles. The third-order valence-electron chi connectivity index (χ3n) is 3.95. The van der Waals surface area contributed by atoms with Gasteiger partial charge in [-0.25, -0.2) is 9.97 Å². The molecule has 2 rings (SSSR count). The van der Waals surface area contributed by atoms with Crippen molar-refractivity contribution in [3.8, 4) is 0 Å². The van der Waals surface area contributed by atoms with Crippen LogP contribution in [0.4, 0.5) is 0 Å². The number of likely N-dealkylation sites (N-methyl/N-ethyl adjacent to an activating group) is 1. The second-order valence-electron chi connectivity index (χ2n) is 5.90. The Balaban J connectivity index is 2.21. The summed E-state index contributed by atoms with van der Waals surface area (Å²) in [5.41, 5.74) is 9.07. The van der Waals surface area contributed by atoms with Crippen LogP contribution in [0.2, 0.25) is 0 Å². The largest absolute Gasteiger partial charge is 0.368 e. The molecule has 0 aliphatic carbocycles. The quantitative estimate of drug-likeness (QED) is 0.897. The molecular weight excluding hydrogens is 252 g/mol. The molecule has 1 aliphatic heterocycles. The van der Waals surface area contributed by atoms with Gasteiger partial charge in [0.05, 0.1) is 6.61 Å². The van der Waals surface area contributed by atoms with Gasteiger partial charge in [0.25, 0.3) is 0 Å². The van der Waals surface area contributed by atoms with E-state index in [1.54, 1.807) is 0 Å². The molecular formula is C15H26N4O. The highest BCUT2D eigenvalue weighted by Crippen LogP contribution is 2.22. The zero-order chi connectivity index (χ0) is 14.7. The molecule has 2 N–H and O–H groups in total. The number of hydrogen-bond acceptors (Lipinski definition) is 5. The van der Waals surface area contributed by atoms with Gasteiger partial charge in [-0.2, -0.15) is 0 Å². The number of rotatable bonds is 4. The molecule has 112 valence electrons. The number of aryl methyl sites for hydroxylation is 2. The highest BCUT2D eigenvalue weighted by atomic mass is 16.5. The second kappa shape index (κ2) is 6.61. The van der Waals surface area contributed by atoms with Gasteiger partial charge in [-0.15, -0.1) is 0 Å². The Bertz CT molecular complexity index is 440. The monoisotopic (exact) mass is 278 g/mol. The smallest absolute Gasteiger partial charge is 0.158 e. The molecule has 1 aromatic heterocycles. The lowest BCUT2D eigenvalue weighted by molar-refractivity contribution is -0.0256. The number of nitrogens with two attached hydrogens (primary N) is 1. The minimum Gasteiger partial charge on any atom is -0.368 e. The number of ether oxygens (including phenoxy) is 1. The molecule has 5 heteroatoms. The Morgan fingerprint density at radius 2 is 2.00 bits per heavy atom. The van der Waals surface area contributed by atoms with Gasteiger partial charge in [0.15, 0.2) is 5.82 Å². The number of hydrogen-bond donors (Lipinski definition) is 1. The summed E-state index contributed by atoms with van der Waals surface area (Å²) in [5.74, 6) is 1.27. The molecule has 5 nitrogen and oxygen atoms in total. The highest BCUT2D eigenvalue weighted by molar-refractivity contribution is 5.25. The van der Waals surface area contributed by atoms with Crippen molar-refractivity contribution in [2.75, 3.05) is 33.3 Å². The van der Waals surface area contributed by atoms with Crippen LogP contribution < -0.4 is 5.73 Å². The van der Waals surface area contributed by atoms with Crippen LogP contribution in [0.25, 0.3) is 0 Å². The molecule has 0 bridgehead atoms. The van der Waals surface area contributed by atoms with Gasteiger partial charge in [0.1, 0.15) is 6.10 Å². The fourth-order valence-electron chi connectivity index (χ4n) is 2.57. The average Bonchev–Trinajstić information content (AvgIpc) is 2.42. The van der Waals surface area contributed by atoms with E-state index in [9.17, 15) is 0 Å². The van der Waals surface area contributed by atoms with Gasteiger partial charge in [0.2, 0.25) is 0 Å². The molecule has 1 aliphatic rings. The fraction of sp³-hybridized carbons (Fsp3) is 0.733. The Morgan fingerprint density at radius 1 is 1.35 bits per heavy atom. The van der Waals surface area contributed by atoms with Crippen LogP contribution in [0, 0.1) is 19.8 Å². The first-order valence-electron chi connectivity index (χ1n) is 7.35. The maximum absolute atomic E-state index is 5.80. The van der Waals surface area contributed by atoms with Crippen LogP contribution in [-0.4, -0.2) is 48.2 Å². The predicted molar refractivity (Wildman–Crippen MR) is 79.6 cm³/mol. The van der Waals surface area contributed by atoms with E-state index in [1.165, 1.54) is 5.56 Å². The minimum absolute atomic E-state index is 0.00729. The van der Waals surface area contributed by atoms with Crippen molar-refractivity contribution in [2.45, 2.75) is 33.3 Å². The maximum atomic E-state index is 5.80. The van der Waals surface area contributed by atoms with E-state index in [-0.39, 0.29) is 6.10 Å². The van der Waals surface area contributed by atoms with Crippen LogP contribution in [0.5, 0.6) is 0 Å². The molecule has 2 unspecified atom stereocenters. The summed E-state index contributed by atoms with van der Waals surface area (Å²) in [4.78, 5) is 11.6. The standard InChI is InChI=1S/C15H26N4O/c1-10(8-16)7-13-11(2)17-15(18-12(13)3)14-9-19(4)5-6-20-14/h10,14H,5-9,16H2,1-4H3. The summed E-state index contributed by atoms with van der Waals surface area (Å²) in [6.07, 6.45) is 0.937. The van der Waals surface area contributed by atoms with Gasteiger partial charge < -0.3 is 15.4 Å². The number of morpholine rings is 1. The lowest BCUT2D eigenvalue weighted by Gasteiger charge is -2.29. The van der Waals surface area contributed by atoms with E-state index in [4.69, 9.17) is 10.5 Å². The maximum Gasteiger partial charge on any atom is 0.158 e. The Labute approximate surface area is 121 Å². The SMILES string of the molecule is Cc1nc(C2CN(C)CCO2)nc(C)c1CC(C)CN. The van der Waals surface area contributed by atoms with E-state index < -0.39 is 0 Å². The van der Waals surface area contributed by atoms with Crippen molar-refractivity contribution in [1.82, 2.24) is 14.9 Å². The summed E-state index contributed by atoms with van der Waals surface area (Å²) < 4.78 is 5.80. The second-order valence-corrected chi connectivity index (χ2v) is 5.90. The normalized spacial score (nSPS) is 21.9. The molecule has 20 heavy (non-hydrogen) atoms. The minimum atomic E-state index is -0.00729. The Kier molecular flexibility index (Phi) is 5.07. The predicted octanol–water partition coefficient (Wildman–Crippen LogP) is 1.23.